The Morgan fingerprint density at radius 2 is 2.47 bits per heavy atom. The van der Waals surface area contributed by atoms with Crippen molar-refractivity contribution in [1.29, 1.82) is 0 Å². The van der Waals surface area contributed by atoms with Gasteiger partial charge in [0.05, 0.1) is 6.04 Å². The van der Waals surface area contributed by atoms with Gasteiger partial charge in [0.2, 0.25) is 0 Å². The second kappa shape index (κ2) is 5.77. The lowest BCUT2D eigenvalue weighted by Gasteiger charge is -2.15. The number of aryl methyl sites for hydroxylation is 1. The number of aromatic nitrogens is 2. The third kappa shape index (κ3) is 2.77. The highest BCUT2D eigenvalue weighted by Gasteiger charge is 2.17. The average molecular weight is 315 g/mol. The molecule has 92 valence electrons. The van der Waals surface area contributed by atoms with E-state index in [2.05, 4.69) is 43.2 Å². The van der Waals surface area contributed by atoms with E-state index in [0.717, 1.165) is 23.3 Å². The summed E-state index contributed by atoms with van der Waals surface area (Å²) in [4.78, 5) is 5.58. The van der Waals surface area contributed by atoms with Gasteiger partial charge in [-0.3, -0.25) is 11.3 Å². The van der Waals surface area contributed by atoms with Crippen molar-refractivity contribution >= 4 is 27.3 Å². The Balaban J connectivity index is 2.19. The Hall–Kier alpha value is -0.690. The van der Waals surface area contributed by atoms with Crippen molar-refractivity contribution in [2.75, 3.05) is 0 Å². The number of nitrogens with one attached hydrogen (secondary N) is 1. The van der Waals surface area contributed by atoms with Crippen LogP contribution in [-0.2, 0) is 13.0 Å². The molecule has 4 nitrogen and oxygen atoms in total. The second-order valence-corrected chi connectivity index (χ2v) is 5.49. The number of rotatable bonds is 5. The van der Waals surface area contributed by atoms with E-state index in [9.17, 15) is 0 Å². The van der Waals surface area contributed by atoms with E-state index in [0.29, 0.717) is 0 Å². The third-order valence-electron chi connectivity index (χ3n) is 2.69. The van der Waals surface area contributed by atoms with Gasteiger partial charge in [0.1, 0.15) is 5.82 Å². The largest absolute Gasteiger partial charge is 0.335 e. The van der Waals surface area contributed by atoms with Gasteiger partial charge in [0.25, 0.3) is 0 Å². The van der Waals surface area contributed by atoms with Crippen LogP contribution in [0.3, 0.4) is 0 Å². The first kappa shape index (κ1) is 12.8. The van der Waals surface area contributed by atoms with Gasteiger partial charge in [-0.25, -0.2) is 4.98 Å². The highest BCUT2D eigenvalue weighted by molar-refractivity contribution is 9.10. The van der Waals surface area contributed by atoms with Crippen LogP contribution >= 0.6 is 27.3 Å². The molecule has 0 fully saturated rings. The predicted octanol–water partition coefficient (Wildman–Crippen LogP) is 2.47. The second-order valence-electron chi connectivity index (χ2n) is 3.69. The number of thiophene rings is 1. The maximum absolute atomic E-state index is 5.64. The normalized spacial score (nSPS) is 12.9. The van der Waals surface area contributed by atoms with Gasteiger partial charge in [-0.15, -0.1) is 11.3 Å². The molecule has 2 rings (SSSR count). The molecule has 1 atom stereocenters. The number of hydrogen-bond donors (Lipinski definition) is 2. The Morgan fingerprint density at radius 3 is 3.06 bits per heavy atom. The van der Waals surface area contributed by atoms with Gasteiger partial charge >= 0.3 is 0 Å². The van der Waals surface area contributed by atoms with E-state index >= 15 is 0 Å². The van der Waals surface area contributed by atoms with Crippen molar-refractivity contribution in [1.82, 2.24) is 15.0 Å². The van der Waals surface area contributed by atoms with Crippen LogP contribution in [0.15, 0.2) is 28.3 Å². The van der Waals surface area contributed by atoms with Crippen LogP contribution in [0.25, 0.3) is 0 Å². The quantitative estimate of drug-likeness (QED) is 0.658. The molecule has 0 aliphatic heterocycles. The number of imidazole rings is 1. The van der Waals surface area contributed by atoms with Crippen LogP contribution in [0.1, 0.15) is 23.7 Å². The maximum atomic E-state index is 5.64. The molecule has 0 aromatic carbocycles. The van der Waals surface area contributed by atoms with E-state index in [1.165, 1.54) is 4.88 Å². The van der Waals surface area contributed by atoms with Crippen molar-refractivity contribution in [3.05, 3.63) is 39.0 Å². The fourth-order valence-electron chi connectivity index (χ4n) is 1.78. The van der Waals surface area contributed by atoms with E-state index < -0.39 is 0 Å². The highest BCUT2D eigenvalue weighted by atomic mass is 79.9. The molecule has 1 unspecified atom stereocenters. The Morgan fingerprint density at radius 1 is 1.65 bits per heavy atom. The summed E-state index contributed by atoms with van der Waals surface area (Å²) in [5, 5.41) is 2.05. The van der Waals surface area contributed by atoms with Crippen molar-refractivity contribution in [2.24, 2.45) is 5.84 Å². The lowest BCUT2D eigenvalue weighted by atomic mass is 10.1. The molecule has 0 saturated heterocycles. The van der Waals surface area contributed by atoms with Crippen LogP contribution < -0.4 is 11.3 Å². The summed E-state index contributed by atoms with van der Waals surface area (Å²) >= 11 is 5.23. The number of nitrogens with zero attached hydrogens (tertiary/aromatic N) is 2. The lowest BCUT2D eigenvalue weighted by Crippen LogP contribution is -2.30. The van der Waals surface area contributed by atoms with Crippen molar-refractivity contribution in [3.63, 3.8) is 0 Å². The molecule has 17 heavy (non-hydrogen) atoms. The summed E-state index contributed by atoms with van der Waals surface area (Å²) in [6, 6.07) is 2.13. The summed E-state index contributed by atoms with van der Waals surface area (Å²) in [6.07, 6.45) is 4.61. The average Bonchev–Trinajstić information content (AvgIpc) is 2.94. The van der Waals surface area contributed by atoms with Crippen molar-refractivity contribution in [3.8, 4) is 0 Å². The molecule has 0 spiro atoms. The van der Waals surface area contributed by atoms with Gasteiger partial charge in [0, 0.05) is 34.7 Å². The SMILES string of the molecule is CCn1ccnc1CC(NN)c1sccc1Br. The molecule has 0 radical (unpaired) electrons. The lowest BCUT2D eigenvalue weighted by molar-refractivity contribution is 0.529. The van der Waals surface area contributed by atoms with Crippen LogP contribution in [0, 0.1) is 0 Å². The Labute approximate surface area is 113 Å². The number of halogens is 1. The fraction of sp³-hybridized carbons (Fsp3) is 0.364. The molecule has 3 N–H and O–H groups in total. The van der Waals surface area contributed by atoms with E-state index in [-0.39, 0.29) is 6.04 Å². The summed E-state index contributed by atoms with van der Waals surface area (Å²) in [6.45, 7) is 3.04. The molecule has 0 aliphatic carbocycles. The molecule has 6 heteroatoms. The first-order chi connectivity index (χ1) is 8.26. The van der Waals surface area contributed by atoms with Gasteiger partial charge in [0.15, 0.2) is 0 Å². The fourth-order valence-corrected chi connectivity index (χ4v) is 3.49. The first-order valence-corrected chi connectivity index (χ1v) is 7.12. The molecular formula is C11H15BrN4S. The topological polar surface area (TPSA) is 55.9 Å². The zero-order valence-corrected chi connectivity index (χ0v) is 12.0. The molecule has 0 amide bonds. The molecule has 2 heterocycles. The van der Waals surface area contributed by atoms with E-state index in [4.69, 9.17) is 5.84 Å². The van der Waals surface area contributed by atoms with Crippen LogP contribution in [0.2, 0.25) is 0 Å². The molecule has 0 aliphatic rings. The summed E-state index contributed by atoms with van der Waals surface area (Å²) < 4.78 is 3.23. The standard InChI is InChI=1S/C11H15BrN4S/c1-2-16-5-4-14-10(16)7-9(15-13)11-8(12)3-6-17-11/h3-6,9,15H,2,7,13H2,1H3. The maximum Gasteiger partial charge on any atom is 0.110 e. The summed E-state index contributed by atoms with van der Waals surface area (Å²) in [5.41, 5.74) is 2.86. The monoisotopic (exact) mass is 314 g/mol. The number of hydrazine groups is 1. The highest BCUT2D eigenvalue weighted by Crippen LogP contribution is 2.30. The molecular weight excluding hydrogens is 300 g/mol. The summed E-state index contributed by atoms with van der Waals surface area (Å²) in [7, 11) is 0. The molecule has 0 bridgehead atoms. The van der Waals surface area contributed by atoms with Gasteiger partial charge < -0.3 is 4.57 Å². The van der Waals surface area contributed by atoms with E-state index in [1.807, 2.05) is 18.5 Å². The zero-order valence-electron chi connectivity index (χ0n) is 9.56. The minimum atomic E-state index is 0.0945. The Bertz CT molecular complexity index is 479. The minimum absolute atomic E-state index is 0.0945. The van der Waals surface area contributed by atoms with Crippen molar-refractivity contribution < 1.29 is 0 Å². The number of nitrogens with two attached hydrogens (primary N) is 1. The Kier molecular flexibility index (Phi) is 4.33. The van der Waals surface area contributed by atoms with E-state index in [1.54, 1.807) is 11.3 Å². The number of hydrogen-bond acceptors (Lipinski definition) is 4. The predicted molar refractivity (Wildman–Crippen MR) is 73.7 cm³/mol. The van der Waals surface area contributed by atoms with Crippen molar-refractivity contribution in [2.45, 2.75) is 25.9 Å². The van der Waals surface area contributed by atoms with Gasteiger partial charge in [-0.1, -0.05) is 0 Å². The first-order valence-electron chi connectivity index (χ1n) is 5.45. The minimum Gasteiger partial charge on any atom is -0.335 e. The molecule has 2 aromatic rings. The smallest absolute Gasteiger partial charge is 0.110 e. The zero-order chi connectivity index (χ0) is 12.3. The summed E-state index contributed by atoms with van der Waals surface area (Å²) in [5.74, 6) is 6.69. The van der Waals surface area contributed by atoms with Crippen LogP contribution in [-0.4, -0.2) is 9.55 Å². The molecule has 0 saturated carbocycles. The third-order valence-corrected chi connectivity index (χ3v) is 4.68. The van der Waals surface area contributed by atoms with Crippen LogP contribution in [0.4, 0.5) is 0 Å². The van der Waals surface area contributed by atoms with Gasteiger partial charge in [-0.2, -0.15) is 0 Å². The van der Waals surface area contributed by atoms with Gasteiger partial charge in [-0.05, 0) is 34.3 Å². The molecule has 2 aromatic heterocycles. The van der Waals surface area contributed by atoms with Crippen LogP contribution in [0.5, 0.6) is 0 Å².